The third-order valence-electron chi connectivity index (χ3n) is 1.49. The predicted molar refractivity (Wildman–Crippen MR) is 47.2 cm³/mol. The van der Waals surface area contributed by atoms with Crippen LogP contribution in [-0.4, -0.2) is 5.91 Å². The summed E-state index contributed by atoms with van der Waals surface area (Å²) < 4.78 is 25.1. The molecule has 13 heavy (non-hydrogen) atoms. The van der Waals surface area contributed by atoms with E-state index in [9.17, 15) is 13.6 Å². The van der Waals surface area contributed by atoms with E-state index in [1.54, 1.807) is 0 Å². The summed E-state index contributed by atoms with van der Waals surface area (Å²) >= 11 is 2.95. The van der Waals surface area contributed by atoms with Crippen LogP contribution < -0.4 is 5.73 Å². The van der Waals surface area contributed by atoms with Gasteiger partial charge in [-0.3, -0.25) is 4.79 Å². The number of carbonyl (C=O) groups is 1. The van der Waals surface area contributed by atoms with Crippen LogP contribution in [0.3, 0.4) is 0 Å². The number of primary amides is 1. The van der Waals surface area contributed by atoms with Gasteiger partial charge in [0.05, 0.1) is 0 Å². The molecule has 1 rings (SSSR count). The van der Waals surface area contributed by atoms with Crippen molar-refractivity contribution in [3.05, 3.63) is 35.4 Å². The number of hydrogen-bond donors (Lipinski definition) is 1. The smallest absolute Gasteiger partial charge is 0.235 e. The average molecular weight is 250 g/mol. The van der Waals surface area contributed by atoms with Gasteiger partial charge in [0.15, 0.2) is 11.6 Å². The molecule has 0 bridgehead atoms. The fourth-order valence-corrected chi connectivity index (χ4v) is 1.12. The van der Waals surface area contributed by atoms with Gasteiger partial charge in [-0.1, -0.05) is 22.0 Å². The second-order valence-electron chi connectivity index (χ2n) is 2.44. The summed E-state index contributed by atoms with van der Waals surface area (Å²) in [6, 6.07) is 3.17. The molecule has 2 nitrogen and oxygen atoms in total. The highest BCUT2D eigenvalue weighted by Gasteiger charge is 2.15. The van der Waals surface area contributed by atoms with Crippen LogP contribution in [-0.2, 0) is 4.79 Å². The molecule has 2 N–H and O–H groups in total. The van der Waals surface area contributed by atoms with Crippen LogP contribution in [0, 0.1) is 11.6 Å². The Labute approximate surface area is 81.9 Å². The monoisotopic (exact) mass is 249 g/mol. The second-order valence-corrected chi connectivity index (χ2v) is 3.35. The zero-order chi connectivity index (χ0) is 10.0. The zero-order valence-corrected chi connectivity index (χ0v) is 8.01. The van der Waals surface area contributed by atoms with Crippen LogP contribution in [0.25, 0.3) is 0 Å². The van der Waals surface area contributed by atoms with Gasteiger partial charge in [0, 0.05) is 0 Å². The molecule has 5 heteroatoms. The fourth-order valence-electron chi connectivity index (χ4n) is 0.834. The number of hydrogen-bond acceptors (Lipinski definition) is 1. The largest absolute Gasteiger partial charge is 0.368 e. The summed E-state index contributed by atoms with van der Waals surface area (Å²) in [4.78, 5) is 9.87. The standard InChI is InChI=1S/C8H6BrF2NO/c9-7(8(12)13)4-1-2-5(10)6(11)3-4/h1-3,7H,(H2,12,13). The van der Waals surface area contributed by atoms with E-state index in [-0.39, 0.29) is 0 Å². The fraction of sp³-hybridized carbons (Fsp3) is 0.125. The minimum absolute atomic E-state index is 0.298. The Balaban J connectivity index is 3.03. The molecule has 0 heterocycles. The van der Waals surface area contributed by atoms with E-state index in [4.69, 9.17) is 5.73 Å². The summed E-state index contributed by atoms with van der Waals surface area (Å²) in [5, 5.41) is 0. The first-order chi connectivity index (χ1) is 6.02. The molecule has 0 spiro atoms. The predicted octanol–water partition coefficient (Wildman–Crippen LogP) is 1.89. The summed E-state index contributed by atoms with van der Waals surface area (Å²) in [6.07, 6.45) is 0. The molecular formula is C8H6BrF2NO. The van der Waals surface area contributed by atoms with Crippen LogP contribution in [0.5, 0.6) is 0 Å². The highest BCUT2D eigenvalue weighted by atomic mass is 79.9. The molecule has 0 aliphatic heterocycles. The molecular weight excluding hydrogens is 244 g/mol. The molecule has 1 atom stereocenters. The van der Waals surface area contributed by atoms with Gasteiger partial charge in [0.25, 0.3) is 0 Å². The minimum atomic E-state index is -0.997. The van der Waals surface area contributed by atoms with Crippen LogP contribution in [0.2, 0.25) is 0 Å². The van der Waals surface area contributed by atoms with Crippen molar-refractivity contribution in [2.45, 2.75) is 4.83 Å². The second kappa shape index (κ2) is 3.83. The van der Waals surface area contributed by atoms with Crippen LogP contribution >= 0.6 is 15.9 Å². The molecule has 0 fully saturated rings. The lowest BCUT2D eigenvalue weighted by Crippen LogP contribution is -2.16. The van der Waals surface area contributed by atoms with Gasteiger partial charge in [0.2, 0.25) is 5.91 Å². The van der Waals surface area contributed by atoms with Crippen molar-refractivity contribution in [2.24, 2.45) is 5.73 Å². The van der Waals surface area contributed by atoms with E-state index in [1.165, 1.54) is 6.07 Å². The first-order valence-electron chi connectivity index (χ1n) is 3.40. The Morgan fingerprint density at radius 1 is 1.38 bits per heavy atom. The lowest BCUT2D eigenvalue weighted by Gasteiger charge is -2.05. The van der Waals surface area contributed by atoms with Crippen LogP contribution in [0.15, 0.2) is 18.2 Å². The Bertz CT molecular complexity index is 343. The Morgan fingerprint density at radius 2 is 2.00 bits per heavy atom. The van der Waals surface area contributed by atoms with E-state index in [2.05, 4.69) is 15.9 Å². The van der Waals surface area contributed by atoms with Crippen molar-refractivity contribution in [2.75, 3.05) is 0 Å². The van der Waals surface area contributed by atoms with Gasteiger partial charge in [-0.05, 0) is 17.7 Å². The van der Waals surface area contributed by atoms with Crippen molar-refractivity contribution in [3.8, 4) is 0 Å². The van der Waals surface area contributed by atoms with Gasteiger partial charge in [-0.15, -0.1) is 0 Å². The molecule has 0 saturated carbocycles. The lowest BCUT2D eigenvalue weighted by atomic mass is 10.1. The summed E-state index contributed by atoms with van der Waals surface area (Å²) in [6.45, 7) is 0. The number of alkyl halides is 1. The minimum Gasteiger partial charge on any atom is -0.368 e. The maximum atomic E-state index is 12.7. The molecule has 1 amide bonds. The number of rotatable bonds is 2. The number of benzene rings is 1. The van der Waals surface area contributed by atoms with E-state index >= 15 is 0 Å². The van der Waals surface area contributed by atoms with Gasteiger partial charge in [-0.25, -0.2) is 8.78 Å². The van der Waals surface area contributed by atoms with Crippen molar-refractivity contribution in [1.82, 2.24) is 0 Å². The first-order valence-corrected chi connectivity index (χ1v) is 4.32. The van der Waals surface area contributed by atoms with E-state index in [0.29, 0.717) is 5.56 Å². The number of carbonyl (C=O) groups excluding carboxylic acids is 1. The van der Waals surface area contributed by atoms with Gasteiger partial charge in [0.1, 0.15) is 4.83 Å². The molecule has 70 valence electrons. The van der Waals surface area contributed by atoms with Gasteiger partial charge >= 0.3 is 0 Å². The Hall–Kier alpha value is -0.970. The molecule has 0 radical (unpaired) electrons. The van der Waals surface area contributed by atoms with E-state index < -0.39 is 22.4 Å². The van der Waals surface area contributed by atoms with Crippen molar-refractivity contribution >= 4 is 21.8 Å². The number of amides is 1. The van der Waals surface area contributed by atoms with Crippen LogP contribution in [0.1, 0.15) is 10.4 Å². The summed E-state index contributed by atoms with van der Waals surface area (Å²) in [5.41, 5.74) is 5.25. The van der Waals surface area contributed by atoms with E-state index in [1.807, 2.05) is 0 Å². The Kier molecular flexibility index (Phi) is 2.98. The topological polar surface area (TPSA) is 43.1 Å². The molecule has 1 aromatic carbocycles. The van der Waals surface area contributed by atoms with Crippen LogP contribution in [0.4, 0.5) is 8.78 Å². The molecule has 1 unspecified atom stereocenters. The Morgan fingerprint density at radius 3 is 2.46 bits per heavy atom. The molecule has 0 aromatic heterocycles. The normalized spacial score (nSPS) is 12.5. The van der Waals surface area contributed by atoms with Crippen molar-refractivity contribution in [3.63, 3.8) is 0 Å². The highest BCUT2D eigenvalue weighted by molar-refractivity contribution is 9.09. The highest BCUT2D eigenvalue weighted by Crippen LogP contribution is 2.23. The molecule has 0 saturated heterocycles. The lowest BCUT2D eigenvalue weighted by molar-refractivity contribution is -0.117. The molecule has 1 aromatic rings. The third kappa shape index (κ3) is 2.24. The van der Waals surface area contributed by atoms with Crippen molar-refractivity contribution in [1.29, 1.82) is 0 Å². The third-order valence-corrected chi connectivity index (χ3v) is 2.47. The maximum absolute atomic E-state index is 12.7. The molecule has 0 aliphatic rings. The zero-order valence-electron chi connectivity index (χ0n) is 6.43. The number of halogens is 3. The SMILES string of the molecule is NC(=O)C(Br)c1ccc(F)c(F)c1. The number of nitrogens with two attached hydrogens (primary N) is 1. The van der Waals surface area contributed by atoms with E-state index in [0.717, 1.165) is 12.1 Å². The van der Waals surface area contributed by atoms with Gasteiger partial charge < -0.3 is 5.73 Å². The van der Waals surface area contributed by atoms with Crippen molar-refractivity contribution < 1.29 is 13.6 Å². The quantitative estimate of drug-likeness (QED) is 0.800. The summed E-state index contributed by atoms with van der Waals surface area (Å²) in [5.74, 6) is -2.60. The maximum Gasteiger partial charge on any atom is 0.235 e. The van der Waals surface area contributed by atoms with Gasteiger partial charge in [-0.2, -0.15) is 0 Å². The average Bonchev–Trinajstić information content (AvgIpc) is 2.08. The first kappa shape index (κ1) is 10.1. The molecule has 0 aliphatic carbocycles. The summed E-state index contributed by atoms with van der Waals surface area (Å²) in [7, 11) is 0.